The fourth-order valence-corrected chi connectivity index (χ4v) is 2.59. The number of pyridine rings is 1. The third kappa shape index (κ3) is 3.15. The van der Waals surface area contributed by atoms with Gasteiger partial charge in [-0.3, -0.25) is 5.43 Å². The Hall–Kier alpha value is -3.08. The molecule has 0 aliphatic carbocycles. The van der Waals surface area contributed by atoms with E-state index in [0.717, 1.165) is 22.0 Å². The van der Waals surface area contributed by atoms with Crippen LogP contribution < -0.4 is 14.9 Å². The third-order valence-corrected chi connectivity index (χ3v) is 3.74. The summed E-state index contributed by atoms with van der Waals surface area (Å²) >= 11 is 0. The Morgan fingerprint density at radius 2 is 1.88 bits per heavy atom. The molecule has 0 aliphatic heterocycles. The first-order valence-electron chi connectivity index (χ1n) is 7.59. The van der Waals surface area contributed by atoms with Crippen LogP contribution in [0.2, 0.25) is 0 Å². The largest absolute Gasteiger partial charge is 0.493 e. The molecule has 0 fully saturated rings. The fourth-order valence-electron chi connectivity index (χ4n) is 2.59. The van der Waals surface area contributed by atoms with Crippen LogP contribution in [-0.4, -0.2) is 25.4 Å². The molecule has 0 saturated carbocycles. The predicted octanol–water partition coefficient (Wildman–Crippen LogP) is 4.01. The molecule has 0 saturated heterocycles. The number of hydrogen-bond donors (Lipinski definition) is 1. The van der Waals surface area contributed by atoms with Crippen LogP contribution in [0.4, 0.5) is 5.82 Å². The number of anilines is 1. The Morgan fingerprint density at radius 3 is 2.67 bits per heavy atom. The van der Waals surface area contributed by atoms with Crippen molar-refractivity contribution in [3.05, 3.63) is 59.7 Å². The molecule has 0 aliphatic rings. The Balaban J connectivity index is 1.85. The van der Waals surface area contributed by atoms with Crippen molar-refractivity contribution in [2.45, 2.75) is 6.92 Å². The monoisotopic (exact) mass is 321 g/mol. The van der Waals surface area contributed by atoms with E-state index in [1.54, 1.807) is 20.4 Å². The van der Waals surface area contributed by atoms with Gasteiger partial charge < -0.3 is 9.47 Å². The number of hydrogen-bond acceptors (Lipinski definition) is 5. The van der Waals surface area contributed by atoms with E-state index >= 15 is 0 Å². The van der Waals surface area contributed by atoms with Crippen LogP contribution in [0, 0.1) is 6.92 Å². The topological polar surface area (TPSA) is 55.7 Å². The first-order chi connectivity index (χ1) is 11.7. The van der Waals surface area contributed by atoms with Crippen LogP contribution in [0.5, 0.6) is 11.5 Å². The minimum atomic E-state index is 0.646. The lowest BCUT2D eigenvalue weighted by molar-refractivity contribution is 0.354. The van der Waals surface area contributed by atoms with Gasteiger partial charge >= 0.3 is 0 Å². The highest BCUT2D eigenvalue weighted by Crippen LogP contribution is 2.29. The number of fused-ring (bicyclic) bond motifs is 1. The minimum absolute atomic E-state index is 0.646. The summed E-state index contributed by atoms with van der Waals surface area (Å²) in [4.78, 5) is 4.56. The molecule has 2 aromatic carbocycles. The van der Waals surface area contributed by atoms with E-state index in [4.69, 9.17) is 9.47 Å². The minimum Gasteiger partial charge on any atom is -0.493 e. The van der Waals surface area contributed by atoms with Crippen LogP contribution in [0.1, 0.15) is 11.1 Å². The Bertz CT molecular complexity index is 891. The average Bonchev–Trinajstić information content (AvgIpc) is 2.61. The van der Waals surface area contributed by atoms with Crippen molar-refractivity contribution in [1.82, 2.24) is 4.98 Å². The van der Waals surface area contributed by atoms with Crippen molar-refractivity contribution in [1.29, 1.82) is 0 Å². The second kappa shape index (κ2) is 7.00. The first-order valence-corrected chi connectivity index (χ1v) is 7.59. The van der Waals surface area contributed by atoms with Crippen LogP contribution in [0.3, 0.4) is 0 Å². The standard InChI is InChI=1S/C19H19N3O2/c1-13-11-18(21-16-9-5-4-8-15(13)16)22-20-12-14-7-6-10-17(23-2)19(14)24-3/h4-12H,1-3H3,(H,21,22)/b20-12-. The molecule has 1 aromatic heterocycles. The first kappa shape index (κ1) is 15.8. The second-order valence-corrected chi connectivity index (χ2v) is 5.29. The van der Waals surface area contributed by atoms with Gasteiger partial charge in [0.1, 0.15) is 5.82 Å². The molecule has 1 N–H and O–H groups in total. The molecule has 0 unspecified atom stereocenters. The summed E-state index contributed by atoms with van der Waals surface area (Å²) in [6, 6.07) is 15.7. The lowest BCUT2D eigenvalue weighted by Crippen LogP contribution is -1.98. The molecule has 5 heteroatoms. The number of nitrogens with zero attached hydrogens (tertiary/aromatic N) is 2. The fraction of sp³-hybridized carbons (Fsp3) is 0.158. The number of benzene rings is 2. The van der Waals surface area contributed by atoms with Gasteiger partial charge in [-0.1, -0.05) is 24.3 Å². The summed E-state index contributed by atoms with van der Waals surface area (Å²) in [5, 5.41) is 5.41. The zero-order valence-corrected chi connectivity index (χ0v) is 13.9. The van der Waals surface area contributed by atoms with Crippen molar-refractivity contribution >= 4 is 22.9 Å². The van der Waals surface area contributed by atoms with Gasteiger partial charge in [-0.15, -0.1) is 0 Å². The van der Waals surface area contributed by atoms with E-state index in [-0.39, 0.29) is 0 Å². The Kier molecular flexibility index (Phi) is 4.61. The number of ether oxygens (including phenoxy) is 2. The van der Waals surface area contributed by atoms with Crippen molar-refractivity contribution < 1.29 is 9.47 Å². The van der Waals surface area contributed by atoms with Gasteiger partial charge in [0.15, 0.2) is 11.5 Å². The van der Waals surface area contributed by atoms with Crippen molar-refractivity contribution in [2.75, 3.05) is 19.6 Å². The van der Waals surface area contributed by atoms with E-state index < -0.39 is 0 Å². The molecule has 0 atom stereocenters. The van der Waals surface area contributed by atoms with Gasteiger partial charge in [0.2, 0.25) is 0 Å². The molecule has 0 amide bonds. The summed E-state index contributed by atoms with van der Waals surface area (Å²) in [6.07, 6.45) is 1.69. The molecule has 0 bridgehead atoms. The third-order valence-electron chi connectivity index (χ3n) is 3.74. The normalized spacial score (nSPS) is 11.0. The van der Waals surface area contributed by atoms with Crippen molar-refractivity contribution in [2.24, 2.45) is 5.10 Å². The highest BCUT2D eigenvalue weighted by molar-refractivity contribution is 5.86. The SMILES string of the molecule is COc1cccc(/C=N\Nc2cc(C)c3ccccc3n2)c1OC. The number of para-hydroxylation sites is 2. The van der Waals surface area contributed by atoms with Gasteiger partial charge in [0, 0.05) is 10.9 Å². The quantitative estimate of drug-likeness (QED) is 0.570. The van der Waals surface area contributed by atoms with E-state index in [1.165, 1.54) is 0 Å². The highest BCUT2D eigenvalue weighted by atomic mass is 16.5. The lowest BCUT2D eigenvalue weighted by atomic mass is 10.1. The van der Waals surface area contributed by atoms with E-state index in [9.17, 15) is 0 Å². The summed E-state index contributed by atoms with van der Waals surface area (Å²) in [5.74, 6) is 2.01. The number of hydrazone groups is 1. The smallest absolute Gasteiger partial charge is 0.169 e. The van der Waals surface area contributed by atoms with Crippen molar-refractivity contribution in [3.63, 3.8) is 0 Å². The van der Waals surface area contributed by atoms with Crippen LogP contribution >= 0.6 is 0 Å². The number of methoxy groups -OCH3 is 2. The van der Waals surface area contributed by atoms with E-state index in [0.29, 0.717) is 17.3 Å². The lowest BCUT2D eigenvalue weighted by Gasteiger charge is -2.09. The summed E-state index contributed by atoms with van der Waals surface area (Å²) < 4.78 is 10.7. The Labute approximate surface area is 140 Å². The molecule has 5 nitrogen and oxygen atoms in total. The molecule has 0 radical (unpaired) electrons. The summed E-state index contributed by atoms with van der Waals surface area (Å²) in [5.41, 5.74) is 5.89. The van der Waals surface area contributed by atoms with Gasteiger partial charge in [-0.25, -0.2) is 4.98 Å². The highest BCUT2D eigenvalue weighted by Gasteiger charge is 2.07. The maximum atomic E-state index is 5.39. The van der Waals surface area contributed by atoms with Gasteiger partial charge in [-0.05, 0) is 36.8 Å². The van der Waals surface area contributed by atoms with E-state index in [1.807, 2.05) is 42.5 Å². The molecular formula is C19H19N3O2. The molecule has 0 spiro atoms. The molecule has 3 aromatic rings. The summed E-state index contributed by atoms with van der Waals surface area (Å²) in [6.45, 7) is 2.06. The van der Waals surface area contributed by atoms with Crippen LogP contribution in [0.25, 0.3) is 10.9 Å². The number of rotatable bonds is 5. The molecule has 3 rings (SSSR count). The molecule has 1 heterocycles. The number of aryl methyl sites for hydroxylation is 1. The molecular weight excluding hydrogens is 302 g/mol. The zero-order valence-electron chi connectivity index (χ0n) is 13.9. The Morgan fingerprint density at radius 1 is 1.04 bits per heavy atom. The number of aromatic nitrogens is 1. The van der Waals surface area contributed by atoms with Gasteiger partial charge in [-0.2, -0.15) is 5.10 Å². The maximum absolute atomic E-state index is 5.39. The van der Waals surface area contributed by atoms with Crippen LogP contribution in [-0.2, 0) is 0 Å². The predicted molar refractivity (Wildman–Crippen MR) is 97.2 cm³/mol. The number of nitrogens with one attached hydrogen (secondary N) is 1. The van der Waals surface area contributed by atoms with Crippen LogP contribution in [0.15, 0.2) is 53.6 Å². The van der Waals surface area contributed by atoms with E-state index in [2.05, 4.69) is 28.5 Å². The molecule has 24 heavy (non-hydrogen) atoms. The van der Waals surface area contributed by atoms with Gasteiger partial charge in [0.05, 0.1) is 26.0 Å². The second-order valence-electron chi connectivity index (χ2n) is 5.29. The zero-order chi connectivity index (χ0) is 16.9. The summed E-state index contributed by atoms with van der Waals surface area (Å²) in [7, 11) is 3.22. The van der Waals surface area contributed by atoms with Crippen molar-refractivity contribution in [3.8, 4) is 11.5 Å². The maximum Gasteiger partial charge on any atom is 0.169 e. The van der Waals surface area contributed by atoms with Gasteiger partial charge in [0.25, 0.3) is 0 Å². The average molecular weight is 321 g/mol. The molecule has 122 valence electrons.